The Morgan fingerprint density at radius 2 is 2.12 bits per heavy atom. The number of carbonyl (C=O) groups is 1. The Hall–Kier alpha value is -1.69. The normalized spacial score (nSPS) is 33.8. The van der Waals surface area contributed by atoms with Gasteiger partial charge in [-0.05, 0) is 25.0 Å². The lowest BCUT2D eigenvalue weighted by molar-refractivity contribution is -0.191. The van der Waals surface area contributed by atoms with Crippen molar-refractivity contribution in [3.05, 3.63) is 42.5 Å². The molecule has 0 spiro atoms. The number of hydrogen-bond donors (Lipinski definition) is 2. The van der Waals surface area contributed by atoms with Crippen LogP contribution < -0.4 is 4.74 Å². The number of aliphatic hydroxyl groups is 2. The fourth-order valence-corrected chi connectivity index (χ4v) is 3.85. The van der Waals surface area contributed by atoms with Crippen LogP contribution in [0.15, 0.2) is 42.5 Å². The van der Waals surface area contributed by atoms with Crippen LogP contribution in [0.4, 0.5) is 0 Å². The third-order valence-corrected chi connectivity index (χ3v) is 5.28. The first-order valence-corrected chi connectivity index (χ1v) is 8.37. The molecule has 0 aliphatic heterocycles. The van der Waals surface area contributed by atoms with E-state index in [-0.39, 0.29) is 24.2 Å². The second-order valence-corrected chi connectivity index (χ2v) is 6.59. The van der Waals surface area contributed by atoms with Gasteiger partial charge in [-0.1, -0.05) is 30.4 Å². The van der Waals surface area contributed by atoms with Gasteiger partial charge in [-0.3, -0.25) is 4.79 Å². The highest BCUT2D eigenvalue weighted by molar-refractivity contribution is 5.94. The first-order valence-electron chi connectivity index (χ1n) is 8.37. The lowest BCUT2D eigenvalue weighted by atomic mass is 9.55. The topological polar surface area (TPSA) is 76.0 Å². The monoisotopic (exact) mass is 332 g/mol. The summed E-state index contributed by atoms with van der Waals surface area (Å²) < 4.78 is 11.0. The number of Topliss-reactive ketones (excluding diaryl/α,β-unsaturated/α-hetero) is 1. The molecule has 5 atom stereocenters. The molecule has 2 saturated carbocycles. The molecule has 5 nitrogen and oxygen atoms in total. The molecule has 0 saturated heterocycles. The Morgan fingerprint density at radius 1 is 1.38 bits per heavy atom. The minimum Gasteiger partial charge on any atom is -0.491 e. The standard InChI is InChI=1S/C19H24O5/c1-23-19-10-9-17(21)15(16(19)11-18(19)22)8-7-13(20)12-24-14-5-3-2-4-6-14/h2-8,13,15-17,20-21H,9-12H2,1H3. The average molecular weight is 332 g/mol. The molecule has 24 heavy (non-hydrogen) atoms. The van der Waals surface area contributed by atoms with Crippen LogP contribution in [-0.4, -0.2) is 47.5 Å². The highest BCUT2D eigenvalue weighted by Gasteiger charge is 2.60. The van der Waals surface area contributed by atoms with Crippen LogP contribution >= 0.6 is 0 Å². The second-order valence-electron chi connectivity index (χ2n) is 6.59. The van der Waals surface area contributed by atoms with Crippen molar-refractivity contribution >= 4 is 5.78 Å². The Morgan fingerprint density at radius 3 is 2.79 bits per heavy atom. The molecule has 2 aliphatic carbocycles. The van der Waals surface area contributed by atoms with Crippen LogP contribution in [0, 0.1) is 11.8 Å². The molecule has 2 N–H and O–H groups in total. The summed E-state index contributed by atoms with van der Waals surface area (Å²) in [5.74, 6) is 0.624. The van der Waals surface area contributed by atoms with Gasteiger partial charge < -0.3 is 19.7 Å². The van der Waals surface area contributed by atoms with E-state index >= 15 is 0 Å². The summed E-state index contributed by atoms with van der Waals surface area (Å²) in [4.78, 5) is 12.0. The molecule has 0 amide bonds. The van der Waals surface area contributed by atoms with Crippen LogP contribution in [-0.2, 0) is 9.53 Å². The first kappa shape index (κ1) is 17.1. The number of methoxy groups -OCH3 is 1. The Bertz CT molecular complexity index is 599. The van der Waals surface area contributed by atoms with Gasteiger partial charge in [0.1, 0.15) is 24.1 Å². The van der Waals surface area contributed by atoms with E-state index in [1.807, 2.05) is 36.4 Å². The van der Waals surface area contributed by atoms with Crippen molar-refractivity contribution in [2.45, 2.75) is 37.1 Å². The molecular formula is C19H24O5. The molecule has 130 valence electrons. The number of ether oxygens (including phenoxy) is 2. The van der Waals surface area contributed by atoms with E-state index in [0.717, 1.165) is 0 Å². The third kappa shape index (κ3) is 3.11. The molecule has 1 aromatic rings. The van der Waals surface area contributed by atoms with Gasteiger partial charge in [-0.2, -0.15) is 0 Å². The van der Waals surface area contributed by atoms with E-state index in [2.05, 4.69) is 0 Å². The van der Waals surface area contributed by atoms with Gasteiger partial charge in [0.2, 0.25) is 0 Å². The Kier molecular flexibility index (Phi) is 5.04. The molecule has 1 aromatic carbocycles. The molecule has 3 rings (SSSR count). The molecule has 2 aliphatic rings. The molecule has 5 heteroatoms. The Balaban J connectivity index is 1.59. The van der Waals surface area contributed by atoms with Crippen molar-refractivity contribution in [1.82, 2.24) is 0 Å². The fraction of sp³-hybridized carbons (Fsp3) is 0.526. The lowest BCUT2D eigenvalue weighted by Gasteiger charge is -2.54. The summed E-state index contributed by atoms with van der Waals surface area (Å²) in [6.45, 7) is 0.141. The molecule has 5 unspecified atom stereocenters. The van der Waals surface area contributed by atoms with E-state index in [4.69, 9.17) is 9.47 Å². The van der Waals surface area contributed by atoms with E-state index in [9.17, 15) is 15.0 Å². The van der Waals surface area contributed by atoms with Crippen molar-refractivity contribution in [2.75, 3.05) is 13.7 Å². The van der Waals surface area contributed by atoms with Gasteiger partial charge >= 0.3 is 0 Å². The lowest BCUT2D eigenvalue weighted by Crippen LogP contribution is -2.64. The molecule has 0 aromatic heterocycles. The van der Waals surface area contributed by atoms with E-state index < -0.39 is 17.8 Å². The number of fused-ring (bicyclic) bond motifs is 1. The second kappa shape index (κ2) is 7.05. The van der Waals surface area contributed by atoms with Crippen LogP contribution in [0.5, 0.6) is 5.75 Å². The summed E-state index contributed by atoms with van der Waals surface area (Å²) in [6.07, 6.45) is 3.70. The molecule has 0 heterocycles. The molecule has 2 fully saturated rings. The third-order valence-electron chi connectivity index (χ3n) is 5.28. The van der Waals surface area contributed by atoms with Gasteiger partial charge in [-0.25, -0.2) is 0 Å². The summed E-state index contributed by atoms with van der Waals surface area (Å²) in [5, 5.41) is 20.4. The quantitative estimate of drug-likeness (QED) is 0.776. The average Bonchev–Trinajstić information content (AvgIpc) is 2.60. The minimum absolute atomic E-state index is 0.0164. The van der Waals surface area contributed by atoms with Crippen LogP contribution in [0.1, 0.15) is 19.3 Å². The fourth-order valence-electron chi connectivity index (χ4n) is 3.85. The SMILES string of the molecule is COC12CCC(O)C(C=CC(O)COc3ccccc3)C1CC2=O. The number of hydrogen-bond acceptors (Lipinski definition) is 5. The van der Waals surface area contributed by atoms with Crippen molar-refractivity contribution in [1.29, 1.82) is 0 Å². The summed E-state index contributed by atoms with van der Waals surface area (Å²) in [7, 11) is 1.56. The smallest absolute Gasteiger partial charge is 0.165 e. The minimum atomic E-state index is -0.771. The predicted octanol–water partition coefficient (Wildman–Crippen LogP) is 1.73. The van der Waals surface area contributed by atoms with Gasteiger partial charge in [0.05, 0.1) is 6.10 Å². The van der Waals surface area contributed by atoms with E-state index in [1.165, 1.54) is 0 Å². The number of rotatable bonds is 6. The van der Waals surface area contributed by atoms with Gasteiger partial charge in [0.15, 0.2) is 5.78 Å². The number of aliphatic hydroxyl groups excluding tert-OH is 2. The Labute approximate surface area is 141 Å². The maximum absolute atomic E-state index is 12.0. The van der Waals surface area contributed by atoms with Crippen molar-refractivity contribution < 1.29 is 24.5 Å². The molecule has 0 radical (unpaired) electrons. The van der Waals surface area contributed by atoms with Crippen LogP contribution in [0.3, 0.4) is 0 Å². The first-order chi connectivity index (χ1) is 11.6. The van der Waals surface area contributed by atoms with Crippen molar-refractivity contribution in [3.63, 3.8) is 0 Å². The predicted molar refractivity (Wildman–Crippen MR) is 88.7 cm³/mol. The number of carbonyl (C=O) groups excluding carboxylic acids is 1. The van der Waals surface area contributed by atoms with Gasteiger partial charge in [0.25, 0.3) is 0 Å². The molecule has 0 bridgehead atoms. The van der Waals surface area contributed by atoms with Crippen molar-refractivity contribution in [3.8, 4) is 5.75 Å². The van der Waals surface area contributed by atoms with Crippen LogP contribution in [0.2, 0.25) is 0 Å². The number of benzene rings is 1. The number of ketones is 1. The zero-order valence-electron chi connectivity index (χ0n) is 13.8. The number of para-hydroxylation sites is 1. The van der Waals surface area contributed by atoms with Gasteiger partial charge in [0, 0.05) is 25.4 Å². The zero-order valence-corrected chi connectivity index (χ0v) is 13.8. The van der Waals surface area contributed by atoms with Crippen molar-refractivity contribution in [2.24, 2.45) is 11.8 Å². The zero-order chi connectivity index (χ0) is 17.2. The summed E-state index contributed by atoms with van der Waals surface area (Å²) in [5.41, 5.74) is -0.736. The highest BCUT2D eigenvalue weighted by atomic mass is 16.5. The van der Waals surface area contributed by atoms with E-state index in [1.54, 1.807) is 13.2 Å². The summed E-state index contributed by atoms with van der Waals surface area (Å²) >= 11 is 0. The maximum atomic E-state index is 12.0. The van der Waals surface area contributed by atoms with Gasteiger partial charge in [-0.15, -0.1) is 0 Å². The summed E-state index contributed by atoms with van der Waals surface area (Å²) in [6, 6.07) is 9.29. The highest BCUT2D eigenvalue weighted by Crippen LogP contribution is 2.51. The van der Waals surface area contributed by atoms with Crippen LogP contribution in [0.25, 0.3) is 0 Å². The maximum Gasteiger partial charge on any atom is 0.165 e. The largest absolute Gasteiger partial charge is 0.491 e. The molecular weight excluding hydrogens is 308 g/mol. The van der Waals surface area contributed by atoms with E-state index in [0.29, 0.717) is 25.0 Å².